The van der Waals surface area contributed by atoms with Crippen molar-refractivity contribution in [1.82, 2.24) is 14.8 Å². The van der Waals surface area contributed by atoms with E-state index in [1.54, 1.807) is 13.3 Å². The van der Waals surface area contributed by atoms with Gasteiger partial charge in [0.25, 0.3) is 5.91 Å². The van der Waals surface area contributed by atoms with Crippen molar-refractivity contribution in [3.05, 3.63) is 48.3 Å². The topological polar surface area (TPSA) is 60.9 Å². The number of anilines is 2. The molecule has 1 aliphatic heterocycles. The van der Waals surface area contributed by atoms with Crippen LogP contribution in [0.25, 0.3) is 0 Å². The van der Waals surface area contributed by atoms with Gasteiger partial charge in [-0.25, -0.2) is 4.98 Å². The van der Waals surface area contributed by atoms with E-state index in [0.29, 0.717) is 18.8 Å². The zero-order valence-corrected chi connectivity index (χ0v) is 17.6. The minimum absolute atomic E-state index is 0.00135. The number of nitrogens with zero attached hydrogens (tertiary/aromatic N) is 4. The zero-order chi connectivity index (χ0) is 20.6. The molecule has 1 aromatic carbocycles. The van der Waals surface area contributed by atoms with Crippen LogP contribution in [-0.2, 0) is 0 Å². The summed E-state index contributed by atoms with van der Waals surface area (Å²) in [5, 5.41) is 3.35. The molecular weight excluding hydrogens is 366 g/mol. The Balaban J connectivity index is 1.48. The van der Waals surface area contributed by atoms with Crippen molar-refractivity contribution in [2.24, 2.45) is 0 Å². The maximum absolute atomic E-state index is 12.8. The summed E-state index contributed by atoms with van der Waals surface area (Å²) >= 11 is 0. The van der Waals surface area contributed by atoms with Crippen molar-refractivity contribution in [1.29, 1.82) is 0 Å². The van der Waals surface area contributed by atoms with E-state index in [1.165, 1.54) is 0 Å². The van der Waals surface area contributed by atoms with Crippen molar-refractivity contribution in [3.8, 4) is 5.75 Å². The molecule has 1 aliphatic rings. The first-order chi connectivity index (χ1) is 14.1. The van der Waals surface area contributed by atoms with Crippen LogP contribution in [-0.4, -0.2) is 81.2 Å². The molecule has 29 heavy (non-hydrogen) atoms. The van der Waals surface area contributed by atoms with Gasteiger partial charge >= 0.3 is 0 Å². The number of aromatic nitrogens is 1. The molecule has 156 valence electrons. The Kier molecular flexibility index (Phi) is 7.30. The summed E-state index contributed by atoms with van der Waals surface area (Å²) in [6.07, 6.45) is 2.81. The van der Waals surface area contributed by atoms with Crippen molar-refractivity contribution >= 4 is 17.3 Å². The summed E-state index contributed by atoms with van der Waals surface area (Å²) in [4.78, 5) is 23.5. The number of methoxy groups -OCH3 is 1. The van der Waals surface area contributed by atoms with Crippen LogP contribution in [0, 0.1) is 0 Å². The molecule has 0 saturated carbocycles. The normalized spacial score (nSPS) is 14.2. The maximum atomic E-state index is 12.8. The summed E-state index contributed by atoms with van der Waals surface area (Å²) in [7, 11) is 5.80. The van der Waals surface area contributed by atoms with E-state index < -0.39 is 0 Å². The molecule has 1 N–H and O–H groups in total. The molecule has 2 aromatic rings. The number of ether oxygens (including phenoxy) is 1. The molecule has 2 heterocycles. The quantitative estimate of drug-likeness (QED) is 0.691. The van der Waals surface area contributed by atoms with Gasteiger partial charge < -0.3 is 24.8 Å². The second-order valence-corrected chi connectivity index (χ2v) is 7.49. The molecule has 3 rings (SSSR count). The predicted octanol–water partition coefficient (Wildman–Crippen LogP) is 2.42. The number of carbonyl (C=O) groups excluding carboxylic acids is 1. The molecule has 0 radical (unpaired) electrons. The third-order valence-corrected chi connectivity index (χ3v) is 5.10. The van der Waals surface area contributed by atoms with Gasteiger partial charge in [-0.1, -0.05) is 0 Å². The number of benzene rings is 1. The number of nitrogens with one attached hydrogen (secondary N) is 1. The van der Waals surface area contributed by atoms with Gasteiger partial charge in [-0.15, -0.1) is 0 Å². The molecule has 1 amide bonds. The number of amides is 1. The van der Waals surface area contributed by atoms with Crippen LogP contribution in [0.15, 0.2) is 42.6 Å². The van der Waals surface area contributed by atoms with Gasteiger partial charge in [0.05, 0.1) is 19.0 Å². The number of carbonyl (C=O) groups is 1. The predicted molar refractivity (Wildman–Crippen MR) is 117 cm³/mol. The summed E-state index contributed by atoms with van der Waals surface area (Å²) in [5.74, 6) is 0.850. The highest BCUT2D eigenvalue weighted by atomic mass is 16.5. The lowest BCUT2D eigenvalue weighted by Crippen LogP contribution is -2.49. The molecule has 0 bridgehead atoms. The van der Waals surface area contributed by atoms with E-state index in [-0.39, 0.29) is 5.91 Å². The number of piperazine rings is 1. The summed E-state index contributed by atoms with van der Waals surface area (Å²) < 4.78 is 5.21. The van der Waals surface area contributed by atoms with Crippen molar-refractivity contribution in [2.75, 3.05) is 70.7 Å². The van der Waals surface area contributed by atoms with Crippen molar-refractivity contribution in [3.63, 3.8) is 0 Å². The Morgan fingerprint density at radius 2 is 1.83 bits per heavy atom. The fourth-order valence-corrected chi connectivity index (χ4v) is 3.38. The fraction of sp³-hybridized carbons (Fsp3) is 0.455. The van der Waals surface area contributed by atoms with E-state index in [0.717, 1.165) is 49.7 Å². The molecule has 0 atom stereocenters. The molecular formula is C22H31N5O2. The highest BCUT2D eigenvalue weighted by Crippen LogP contribution is 2.21. The Bertz CT molecular complexity index is 769. The van der Waals surface area contributed by atoms with Crippen molar-refractivity contribution < 1.29 is 9.53 Å². The molecule has 7 nitrogen and oxygen atoms in total. The number of hydrogen-bond acceptors (Lipinski definition) is 6. The lowest BCUT2D eigenvalue weighted by molar-refractivity contribution is 0.0741. The molecule has 0 unspecified atom stereocenters. The number of hydrogen-bond donors (Lipinski definition) is 1. The lowest BCUT2D eigenvalue weighted by atomic mass is 10.2. The number of rotatable bonds is 8. The minimum Gasteiger partial charge on any atom is -0.497 e. The van der Waals surface area contributed by atoms with Crippen LogP contribution in [0.3, 0.4) is 0 Å². The van der Waals surface area contributed by atoms with Gasteiger partial charge in [0, 0.05) is 38.4 Å². The first-order valence-corrected chi connectivity index (χ1v) is 10.1. The van der Waals surface area contributed by atoms with Gasteiger partial charge in [0.15, 0.2) is 0 Å². The van der Waals surface area contributed by atoms with Gasteiger partial charge in [-0.05, 0) is 63.5 Å². The molecule has 0 spiro atoms. The SMILES string of the molecule is COc1ccc(N2CCN(C(=O)c3ccc(NCCCN(C)C)cn3)CC2)cc1. The second-order valence-electron chi connectivity index (χ2n) is 7.49. The fourth-order valence-electron chi connectivity index (χ4n) is 3.38. The highest BCUT2D eigenvalue weighted by Gasteiger charge is 2.23. The summed E-state index contributed by atoms with van der Waals surface area (Å²) in [5.41, 5.74) is 2.60. The van der Waals surface area contributed by atoms with Gasteiger partial charge in [0.2, 0.25) is 0 Å². The van der Waals surface area contributed by atoms with Gasteiger partial charge in [-0.2, -0.15) is 0 Å². The van der Waals surface area contributed by atoms with Crippen LogP contribution in [0.2, 0.25) is 0 Å². The third kappa shape index (κ3) is 5.84. The number of pyridine rings is 1. The Morgan fingerprint density at radius 3 is 2.41 bits per heavy atom. The third-order valence-electron chi connectivity index (χ3n) is 5.10. The van der Waals surface area contributed by atoms with Crippen LogP contribution < -0.4 is 15.0 Å². The Labute approximate surface area is 173 Å². The Hall–Kier alpha value is -2.80. The van der Waals surface area contributed by atoms with E-state index in [2.05, 4.69) is 46.3 Å². The lowest BCUT2D eigenvalue weighted by Gasteiger charge is -2.36. The van der Waals surface area contributed by atoms with Gasteiger partial charge in [0.1, 0.15) is 11.4 Å². The van der Waals surface area contributed by atoms with Crippen LogP contribution in [0.4, 0.5) is 11.4 Å². The molecule has 1 fully saturated rings. The van der Waals surface area contributed by atoms with Crippen LogP contribution >= 0.6 is 0 Å². The molecule has 1 saturated heterocycles. The highest BCUT2D eigenvalue weighted by molar-refractivity contribution is 5.92. The van der Waals surface area contributed by atoms with Crippen molar-refractivity contribution in [2.45, 2.75) is 6.42 Å². The van der Waals surface area contributed by atoms with E-state index in [1.807, 2.05) is 29.2 Å². The van der Waals surface area contributed by atoms with E-state index >= 15 is 0 Å². The van der Waals surface area contributed by atoms with Crippen LogP contribution in [0.5, 0.6) is 5.75 Å². The standard InChI is InChI=1S/C22H31N5O2/c1-25(2)12-4-11-23-18-5-10-21(24-17-18)22(28)27-15-13-26(14-16-27)19-6-8-20(29-3)9-7-19/h5-10,17,23H,4,11-16H2,1-3H3. The second kappa shape index (κ2) is 10.1. The Morgan fingerprint density at radius 1 is 1.10 bits per heavy atom. The average Bonchev–Trinajstić information content (AvgIpc) is 2.77. The van der Waals surface area contributed by atoms with Gasteiger partial charge in [-0.3, -0.25) is 4.79 Å². The summed E-state index contributed by atoms with van der Waals surface area (Å²) in [6.45, 7) is 4.93. The first kappa shape index (κ1) is 20.9. The van der Waals surface area contributed by atoms with Crippen LogP contribution in [0.1, 0.15) is 16.9 Å². The first-order valence-electron chi connectivity index (χ1n) is 10.1. The van der Waals surface area contributed by atoms with E-state index in [9.17, 15) is 4.79 Å². The maximum Gasteiger partial charge on any atom is 0.272 e. The minimum atomic E-state index is -0.00135. The molecule has 7 heteroatoms. The smallest absolute Gasteiger partial charge is 0.272 e. The molecule has 0 aliphatic carbocycles. The monoisotopic (exact) mass is 397 g/mol. The molecule has 1 aromatic heterocycles. The zero-order valence-electron chi connectivity index (χ0n) is 17.6. The summed E-state index contributed by atoms with van der Waals surface area (Å²) in [6, 6.07) is 11.8. The largest absolute Gasteiger partial charge is 0.497 e. The van der Waals surface area contributed by atoms with E-state index in [4.69, 9.17) is 4.74 Å². The average molecular weight is 398 g/mol.